The molecule has 2 rings (SSSR count). The summed E-state index contributed by atoms with van der Waals surface area (Å²) < 4.78 is 10.5. The van der Waals surface area contributed by atoms with E-state index in [2.05, 4.69) is 0 Å². The van der Waals surface area contributed by atoms with Crippen LogP contribution >= 0.6 is 0 Å². The second-order valence-electron chi connectivity index (χ2n) is 4.55. The van der Waals surface area contributed by atoms with Gasteiger partial charge >= 0.3 is 6.09 Å². The molecule has 1 aromatic carbocycles. The fourth-order valence-electron chi connectivity index (χ4n) is 2.35. The molecule has 1 aromatic rings. The van der Waals surface area contributed by atoms with Crippen molar-refractivity contribution in [1.82, 2.24) is 4.90 Å². The molecule has 0 radical (unpaired) electrons. The maximum atomic E-state index is 12.0. The van der Waals surface area contributed by atoms with E-state index in [0.717, 1.165) is 12.0 Å². The van der Waals surface area contributed by atoms with Gasteiger partial charge in [-0.15, -0.1) is 0 Å². The molecule has 1 aliphatic rings. The summed E-state index contributed by atoms with van der Waals surface area (Å²) in [7, 11) is 1.59. The number of benzene rings is 1. The predicted octanol–water partition coefficient (Wildman–Crippen LogP) is 1.40. The number of hydrogen-bond acceptors (Lipinski definition) is 4. The average molecular weight is 265 g/mol. The molecular weight excluding hydrogens is 246 g/mol. The minimum Gasteiger partial charge on any atom is -0.445 e. The normalized spacial score (nSPS) is 22.5. The fraction of sp³-hybridized carbons (Fsp3) is 0.500. The zero-order valence-electron chi connectivity index (χ0n) is 11.0. The number of likely N-dealkylation sites (tertiary alicyclic amines) is 1. The number of aliphatic hydroxyl groups excluding tert-OH is 1. The number of methoxy groups -OCH3 is 1. The van der Waals surface area contributed by atoms with Crippen molar-refractivity contribution in [3.63, 3.8) is 0 Å². The van der Waals surface area contributed by atoms with Crippen LogP contribution in [0.15, 0.2) is 30.3 Å². The van der Waals surface area contributed by atoms with E-state index < -0.39 is 6.09 Å². The van der Waals surface area contributed by atoms with Crippen molar-refractivity contribution in [2.45, 2.75) is 25.2 Å². The van der Waals surface area contributed by atoms with E-state index in [4.69, 9.17) is 9.47 Å². The third-order valence-electron chi connectivity index (χ3n) is 3.41. The lowest BCUT2D eigenvalue weighted by atomic mass is 10.2. The van der Waals surface area contributed by atoms with E-state index in [0.29, 0.717) is 6.54 Å². The van der Waals surface area contributed by atoms with E-state index in [1.807, 2.05) is 30.3 Å². The molecule has 0 bridgehead atoms. The molecule has 5 nitrogen and oxygen atoms in total. The van der Waals surface area contributed by atoms with Crippen molar-refractivity contribution >= 4 is 6.09 Å². The van der Waals surface area contributed by atoms with Gasteiger partial charge in [0.2, 0.25) is 0 Å². The van der Waals surface area contributed by atoms with Gasteiger partial charge in [-0.3, -0.25) is 0 Å². The Balaban J connectivity index is 1.89. The second-order valence-corrected chi connectivity index (χ2v) is 4.55. The van der Waals surface area contributed by atoms with Crippen LogP contribution in [0.1, 0.15) is 12.0 Å². The zero-order valence-corrected chi connectivity index (χ0v) is 11.0. The SMILES string of the molecule is CO[C@H]1CCN(C(=O)OCc2ccccc2)[C@@H]1CO. The van der Waals surface area contributed by atoms with Crippen molar-refractivity contribution in [1.29, 1.82) is 0 Å². The highest BCUT2D eigenvalue weighted by Crippen LogP contribution is 2.21. The standard InChI is InChI=1S/C14H19NO4/c1-18-13-7-8-15(12(13)9-16)14(17)19-10-11-5-3-2-4-6-11/h2-6,12-13,16H,7-10H2,1H3/t12-,13+/m1/s1. The van der Waals surface area contributed by atoms with Crippen LogP contribution in [0.2, 0.25) is 0 Å². The van der Waals surface area contributed by atoms with Gasteiger partial charge < -0.3 is 19.5 Å². The van der Waals surface area contributed by atoms with Crippen molar-refractivity contribution < 1.29 is 19.4 Å². The summed E-state index contributed by atoms with van der Waals surface area (Å²) in [5.74, 6) is 0. The van der Waals surface area contributed by atoms with Crippen LogP contribution in [0.5, 0.6) is 0 Å². The number of carbonyl (C=O) groups excluding carboxylic acids is 1. The molecule has 1 heterocycles. The third-order valence-corrected chi connectivity index (χ3v) is 3.41. The number of aliphatic hydroxyl groups is 1. The Morgan fingerprint density at radius 1 is 1.42 bits per heavy atom. The molecule has 19 heavy (non-hydrogen) atoms. The molecule has 2 atom stereocenters. The summed E-state index contributed by atoms with van der Waals surface area (Å²) >= 11 is 0. The first-order valence-corrected chi connectivity index (χ1v) is 6.37. The minimum absolute atomic E-state index is 0.112. The van der Waals surface area contributed by atoms with Crippen LogP contribution in [-0.2, 0) is 16.1 Å². The quantitative estimate of drug-likeness (QED) is 0.894. The molecule has 0 spiro atoms. The van der Waals surface area contributed by atoms with E-state index in [-0.39, 0.29) is 25.4 Å². The Labute approximate surface area is 112 Å². The molecule has 0 saturated carbocycles. The van der Waals surface area contributed by atoms with Crippen LogP contribution in [0.4, 0.5) is 4.79 Å². The first-order valence-electron chi connectivity index (χ1n) is 6.37. The highest BCUT2D eigenvalue weighted by molar-refractivity contribution is 5.68. The van der Waals surface area contributed by atoms with E-state index >= 15 is 0 Å². The van der Waals surface area contributed by atoms with Gasteiger partial charge in [-0.05, 0) is 12.0 Å². The van der Waals surface area contributed by atoms with Gasteiger partial charge in [0.25, 0.3) is 0 Å². The number of carbonyl (C=O) groups is 1. The Hall–Kier alpha value is -1.59. The third kappa shape index (κ3) is 3.24. The van der Waals surface area contributed by atoms with Crippen LogP contribution in [-0.4, -0.2) is 48.5 Å². The molecule has 5 heteroatoms. The molecule has 1 saturated heterocycles. The van der Waals surface area contributed by atoms with E-state index in [1.54, 1.807) is 7.11 Å². The van der Waals surface area contributed by atoms with Crippen LogP contribution < -0.4 is 0 Å². The van der Waals surface area contributed by atoms with Gasteiger partial charge in [0.05, 0.1) is 18.8 Å². The second kappa shape index (κ2) is 6.54. The topological polar surface area (TPSA) is 59.0 Å². The largest absolute Gasteiger partial charge is 0.445 e. The molecular formula is C14H19NO4. The first-order chi connectivity index (χ1) is 9.26. The Morgan fingerprint density at radius 3 is 2.79 bits per heavy atom. The molecule has 1 aliphatic heterocycles. The molecule has 0 aliphatic carbocycles. The average Bonchev–Trinajstić information content (AvgIpc) is 2.88. The number of hydrogen-bond donors (Lipinski definition) is 1. The van der Waals surface area contributed by atoms with Crippen molar-refractivity contribution in [2.75, 3.05) is 20.3 Å². The summed E-state index contributed by atoms with van der Waals surface area (Å²) in [6.07, 6.45) is 0.207. The fourth-order valence-corrected chi connectivity index (χ4v) is 2.35. The highest BCUT2D eigenvalue weighted by atomic mass is 16.6. The van der Waals surface area contributed by atoms with Crippen molar-refractivity contribution in [3.05, 3.63) is 35.9 Å². The van der Waals surface area contributed by atoms with Gasteiger partial charge in [-0.2, -0.15) is 0 Å². The number of rotatable bonds is 4. The van der Waals surface area contributed by atoms with Gasteiger partial charge in [-0.25, -0.2) is 4.79 Å². The number of ether oxygens (including phenoxy) is 2. The zero-order chi connectivity index (χ0) is 13.7. The summed E-state index contributed by atoms with van der Waals surface area (Å²) in [5.41, 5.74) is 0.943. The van der Waals surface area contributed by atoms with Crippen LogP contribution in [0, 0.1) is 0 Å². The molecule has 1 N–H and O–H groups in total. The summed E-state index contributed by atoms with van der Waals surface area (Å²) in [6, 6.07) is 9.20. The Bertz CT molecular complexity index is 409. The molecule has 1 fully saturated rings. The first kappa shape index (κ1) is 13.8. The maximum absolute atomic E-state index is 12.0. The lowest BCUT2D eigenvalue weighted by Crippen LogP contribution is -2.42. The molecule has 104 valence electrons. The monoisotopic (exact) mass is 265 g/mol. The predicted molar refractivity (Wildman–Crippen MR) is 69.6 cm³/mol. The minimum atomic E-state index is -0.401. The van der Waals surface area contributed by atoms with Crippen LogP contribution in [0.25, 0.3) is 0 Å². The molecule has 1 amide bonds. The Kier molecular flexibility index (Phi) is 4.76. The van der Waals surface area contributed by atoms with Gasteiger partial charge in [0, 0.05) is 13.7 Å². The Morgan fingerprint density at radius 2 is 2.16 bits per heavy atom. The summed E-state index contributed by atoms with van der Waals surface area (Å²) in [4.78, 5) is 13.5. The summed E-state index contributed by atoms with van der Waals surface area (Å²) in [6.45, 7) is 0.683. The lowest BCUT2D eigenvalue weighted by Gasteiger charge is -2.25. The lowest BCUT2D eigenvalue weighted by molar-refractivity contribution is 0.0285. The summed E-state index contributed by atoms with van der Waals surface area (Å²) in [5, 5.41) is 9.34. The maximum Gasteiger partial charge on any atom is 0.410 e. The van der Waals surface area contributed by atoms with Crippen molar-refractivity contribution in [3.8, 4) is 0 Å². The van der Waals surface area contributed by atoms with Crippen LogP contribution in [0.3, 0.4) is 0 Å². The molecule has 0 unspecified atom stereocenters. The smallest absolute Gasteiger partial charge is 0.410 e. The number of amides is 1. The van der Waals surface area contributed by atoms with Gasteiger partial charge in [0.1, 0.15) is 6.61 Å². The number of nitrogens with zero attached hydrogens (tertiary/aromatic N) is 1. The van der Waals surface area contributed by atoms with E-state index in [1.165, 1.54) is 4.90 Å². The van der Waals surface area contributed by atoms with Gasteiger partial charge in [-0.1, -0.05) is 30.3 Å². The highest BCUT2D eigenvalue weighted by Gasteiger charge is 2.37. The van der Waals surface area contributed by atoms with E-state index in [9.17, 15) is 9.90 Å². The molecule has 0 aromatic heterocycles. The van der Waals surface area contributed by atoms with Crippen molar-refractivity contribution in [2.24, 2.45) is 0 Å². The van der Waals surface area contributed by atoms with Gasteiger partial charge in [0.15, 0.2) is 0 Å².